The highest BCUT2D eigenvalue weighted by Gasteiger charge is 2.41. The first-order chi connectivity index (χ1) is 8.70. The monoisotopic (exact) mass is 264 g/mol. The fourth-order valence-corrected chi connectivity index (χ4v) is 5.14. The minimum atomic E-state index is 0.571. The van der Waals surface area contributed by atoms with Crippen LogP contribution in [0, 0.1) is 12.8 Å². The van der Waals surface area contributed by atoms with Gasteiger partial charge in [0.05, 0.1) is 0 Å². The second-order valence-electron chi connectivity index (χ2n) is 6.02. The molecule has 3 rings (SSSR count). The number of rotatable bonds is 3. The van der Waals surface area contributed by atoms with Crippen LogP contribution in [0.1, 0.15) is 42.2 Å². The SMILES string of the molecule is CNC(c1sccc1C)C1CC2CCC(C1)N2C. The lowest BCUT2D eigenvalue weighted by molar-refractivity contribution is 0.115. The Labute approximate surface area is 114 Å². The van der Waals surface area contributed by atoms with Crippen LogP contribution in [0.15, 0.2) is 11.4 Å². The molecular weight excluding hydrogens is 240 g/mol. The molecule has 2 fully saturated rings. The normalized spacial score (nSPS) is 33.8. The lowest BCUT2D eigenvalue weighted by atomic mass is 9.84. The van der Waals surface area contributed by atoms with E-state index in [2.05, 4.69) is 42.7 Å². The smallest absolute Gasteiger partial charge is 0.0444 e. The van der Waals surface area contributed by atoms with Gasteiger partial charge in [-0.3, -0.25) is 0 Å². The van der Waals surface area contributed by atoms with Gasteiger partial charge in [0.25, 0.3) is 0 Å². The summed E-state index contributed by atoms with van der Waals surface area (Å²) in [5, 5.41) is 5.83. The Hall–Kier alpha value is -0.380. The van der Waals surface area contributed by atoms with Crippen LogP contribution >= 0.6 is 11.3 Å². The molecule has 3 unspecified atom stereocenters. The average Bonchev–Trinajstić information content (AvgIpc) is 2.84. The van der Waals surface area contributed by atoms with Gasteiger partial charge in [-0.05, 0) is 69.6 Å². The minimum absolute atomic E-state index is 0.571. The summed E-state index contributed by atoms with van der Waals surface area (Å²) in [5.74, 6) is 0.820. The van der Waals surface area contributed by atoms with E-state index in [0.717, 1.165) is 18.0 Å². The number of fused-ring (bicyclic) bond motifs is 2. The topological polar surface area (TPSA) is 15.3 Å². The van der Waals surface area contributed by atoms with Crippen molar-refractivity contribution in [3.63, 3.8) is 0 Å². The molecule has 18 heavy (non-hydrogen) atoms. The van der Waals surface area contributed by atoms with Gasteiger partial charge in [0.1, 0.15) is 0 Å². The first-order valence-corrected chi connectivity index (χ1v) is 8.02. The van der Waals surface area contributed by atoms with Crippen molar-refractivity contribution < 1.29 is 0 Å². The molecule has 1 aromatic heterocycles. The van der Waals surface area contributed by atoms with Crippen LogP contribution in [0.4, 0.5) is 0 Å². The third-order valence-electron chi connectivity index (χ3n) is 5.10. The number of nitrogens with zero attached hydrogens (tertiary/aromatic N) is 1. The molecule has 0 saturated carbocycles. The third kappa shape index (κ3) is 2.02. The van der Waals surface area contributed by atoms with Gasteiger partial charge in [-0.25, -0.2) is 0 Å². The van der Waals surface area contributed by atoms with Crippen molar-refractivity contribution in [2.24, 2.45) is 5.92 Å². The Balaban J connectivity index is 1.80. The van der Waals surface area contributed by atoms with E-state index in [9.17, 15) is 0 Å². The van der Waals surface area contributed by atoms with Crippen LogP contribution in [0.25, 0.3) is 0 Å². The maximum atomic E-state index is 3.59. The maximum absolute atomic E-state index is 3.59. The van der Waals surface area contributed by atoms with Gasteiger partial charge in [-0.15, -0.1) is 11.3 Å². The molecule has 0 amide bonds. The van der Waals surface area contributed by atoms with E-state index in [1.165, 1.54) is 31.2 Å². The molecule has 1 N–H and O–H groups in total. The van der Waals surface area contributed by atoms with Crippen molar-refractivity contribution in [2.45, 2.75) is 50.7 Å². The fraction of sp³-hybridized carbons (Fsp3) is 0.733. The van der Waals surface area contributed by atoms with Gasteiger partial charge in [-0.1, -0.05) is 0 Å². The Morgan fingerprint density at radius 2 is 2.00 bits per heavy atom. The van der Waals surface area contributed by atoms with E-state index < -0.39 is 0 Å². The van der Waals surface area contributed by atoms with Crippen LogP contribution in [-0.2, 0) is 0 Å². The fourth-order valence-electron chi connectivity index (χ4n) is 4.01. The predicted molar refractivity (Wildman–Crippen MR) is 78.2 cm³/mol. The van der Waals surface area contributed by atoms with Gasteiger partial charge in [0, 0.05) is 23.0 Å². The van der Waals surface area contributed by atoms with Gasteiger partial charge in [0.2, 0.25) is 0 Å². The lowest BCUT2D eigenvalue weighted by Crippen LogP contribution is -2.43. The number of hydrogen-bond acceptors (Lipinski definition) is 3. The Bertz CT molecular complexity index is 400. The number of nitrogens with one attached hydrogen (secondary N) is 1. The Morgan fingerprint density at radius 1 is 1.33 bits per heavy atom. The molecule has 2 bridgehead atoms. The molecule has 0 radical (unpaired) electrons. The van der Waals surface area contributed by atoms with E-state index in [1.807, 2.05) is 11.3 Å². The number of piperidine rings is 1. The van der Waals surface area contributed by atoms with E-state index in [1.54, 1.807) is 4.88 Å². The molecule has 2 aliphatic rings. The van der Waals surface area contributed by atoms with Crippen LogP contribution in [0.2, 0.25) is 0 Å². The summed E-state index contributed by atoms with van der Waals surface area (Å²) in [7, 11) is 4.45. The van der Waals surface area contributed by atoms with Crippen molar-refractivity contribution >= 4 is 11.3 Å². The molecule has 2 nitrogen and oxygen atoms in total. The van der Waals surface area contributed by atoms with E-state index in [0.29, 0.717) is 6.04 Å². The summed E-state index contributed by atoms with van der Waals surface area (Å²) >= 11 is 1.92. The average molecular weight is 264 g/mol. The second-order valence-corrected chi connectivity index (χ2v) is 6.96. The first-order valence-electron chi connectivity index (χ1n) is 7.14. The van der Waals surface area contributed by atoms with Crippen LogP contribution in [0.3, 0.4) is 0 Å². The summed E-state index contributed by atoms with van der Waals surface area (Å²) in [6.45, 7) is 2.25. The van der Waals surface area contributed by atoms with E-state index >= 15 is 0 Å². The van der Waals surface area contributed by atoms with Gasteiger partial charge < -0.3 is 10.2 Å². The van der Waals surface area contributed by atoms with Gasteiger partial charge in [-0.2, -0.15) is 0 Å². The molecule has 3 atom stereocenters. The largest absolute Gasteiger partial charge is 0.312 e. The summed E-state index contributed by atoms with van der Waals surface area (Å²) in [5.41, 5.74) is 1.46. The molecule has 0 aliphatic carbocycles. The standard InChI is InChI=1S/C15H24N2S/c1-10-6-7-18-15(10)14(16-2)11-8-12-4-5-13(9-11)17(12)3/h6-7,11-14,16H,4-5,8-9H2,1-3H3. The van der Waals surface area contributed by atoms with Crippen LogP contribution in [0.5, 0.6) is 0 Å². The summed E-state index contributed by atoms with van der Waals surface area (Å²) in [6, 6.07) is 4.50. The second kappa shape index (κ2) is 4.95. The van der Waals surface area contributed by atoms with Crippen molar-refractivity contribution in [3.05, 3.63) is 21.9 Å². The zero-order valence-corrected chi connectivity index (χ0v) is 12.5. The molecule has 100 valence electrons. The molecule has 2 aliphatic heterocycles. The highest BCUT2D eigenvalue weighted by molar-refractivity contribution is 7.10. The van der Waals surface area contributed by atoms with E-state index in [-0.39, 0.29) is 0 Å². The predicted octanol–water partition coefficient (Wildman–Crippen LogP) is 3.19. The molecule has 0 aromatic carbocycles. The van der Waals surface area contributed by atoms with Gasteiger partial charge >= 0.3 is 0 Å². The molecule has 2 saturated heterocycles. The molecule has 3 heteroatoms. The maximum Gasteiger partial charge on any atom is 0.0444 e. The first kappa shape index (κ1) is 12.6. The van der Waals surface area contributed by atoms with Crippen LogP contribution in [-0.4, -0.2) is 31.1 Å². The zero-order valence-electron chi connectivity index (χ0n) is 11.6. The number of aryl methyl sites for hydroxylation is 1. The lowest BCUT2D eigenvalue weighted by Gasteiger charge is -2.39. The molecule has 0 spiro atoms. The van der Waals surface area contributed by atoms with E-state index in [4.69, 9.17) is 0 Å². The highest BCUT2D eigenvalue weighted by atomic mass is 32.1. The third-order valence-corrected chi connectivity index (χ3v) is 6.20. The zero-order chi connectivity index (χ0) is 12.7. The molecular formula is C15H24N2S. The van der Waals surface area contributed by atoms with Crippen molar-refractivity contribution in [1.29, 1.82) is 0 Å². The molecule has 1 aromatic rings. The summed E-state index contributed by atoms with van der Waals surface area (Å²) in [4.78, 5) is 4.19. The Morgan fingerprint density at radius 3 is 2.50 bits per heavy atom. The summed E-state index contributed by atoms with van der Waals surface area (Å²) < 4.78 is 0. The minimum Gasteiger partial charge on any atom is -0.312 e. The van der Waals surface area contributed by atoms with Crippen molar-refractivity contribution in [1.82, 2.24) is 10.2 Å². The van der Waals surface area contributed by atoms with Crippen molar-refractivity contribution in [2.75, 3.05) is 14.1 Å². The van der Waals surface area contributed by atoms with Gasteiger partial charge in [0.15, 0.2) is 0 Å². The Kier molecular flexibility index (Phi) is 3.48. The summed E-state index contributed by atoms with van der Waals surface area (Å²) in [6.07, 6.45) is 5.57. The van der Waals surface area contributed by atoms with Crippen molar-refractivity contribution in [3.8, 4) is 0 Å². The molecule has 3 heterocycles. The highest BCUT2D eigenvalue weighted by Crippen LogP contribution is 2.43. The number of thiophene rings is 1. The van der Waals surface area contributed by atoms with Crippen LogP contribution < -0.4 is 5.32 Å². The number of hydrogen-bond donors (Lipinski definition) is 1. The quantitative estimate of drug-likeness (QED) is 0.902.